The van der Waals surface area contributed by atoms with Crippen LogP contribution in [0.3, 0.4) is 0 Å². The van der Waals surface area contributed by atoms with Gasteiger partial charge in [0.25, 0.3) is 5.91 Å². The molecule has 150 valence electrons. The summed E-state index contributed by atoms with van der Waals surface area (Å²) < 4.78 is 13.5. The summed E-state index contributed by atoms with van der Waals surface area (Å²) in [5, 5.41) is 0. The Hall–Kier alpha value is -3.02. The molecular weight excluding hydrogens is 369 g/mol. The molecule has 0 aromatic heterocycles. The molecule has 5 nitrogen and oxygen atoms in total. The molecule has 0 saturated heterocycles. The lowest BCUT2D eigenvalue weighted by Crippen LogP contribution is -2.53. The van der Waals surface area contributed by atoms with Crippen molar-refractivity contribution < 1.29 is 14.0 Å². The SMILES string of the molecule is CC1CCC2(CC1)N=C(c1ccccc1)C(=O)N2C(C(N)=O)c1ccc(F)cc1. The van der Waals surface area contributed by atoms with Crippen LogP contribution in [0.4, 0.5) is 4.39 Å². The Kier molecular flexibility index (Phi) is 4.94. The second-order valence-corrected chi connectivity index (χ2v) is 8.02. The maximum absolute atomic E-state index is 13.6. The maximum Gasteiger partial charge on any atom is 0.275 e. The zero-order valence-corrected chi connectivity index (χ0v) is 16.3. The van der Waals surface area contributed by atoms with Gasteiger partial charge in [-0.25, -0.2) is 4.39 Å². The first-order valence-electron chi connectivity index (χ1n) is 9.95. The number of hydrogen-bond donors (Lipinski definition) is 1. The number of amides is 2. The number of nitrogens with zero attached hydrogens (tertiary/aromatic N) is 2. The van der Waals surface area contributed by atoms with Crippen molar-refractivity contribution >= 4 is 17.5 Å². The molecule has 1 unspecified atom stereocenters. The topological polar surface area (TPSA) is 75.8 Å². The number of primary amides is 1. The molecule has 4 rings (SSSR count). The van der Waals surface area contributed by atoms with E-state index in [0.29, 0.717) is 30.0 Å². The Bertz CT molecular complexity index is 948. The second kappa shape index (κ2) is 7.43. The van der Waals surface area contributed by atoms with Crippen molar-refractivity contribution in [2.24, 2.45) is 16.6 Å². The van der Waals surface area contributed by atoms with E-state index in [-0.39, 0.29) is 5.91 Å². The van der Waals surface area contributed by atoms with Gasteiger partial charge in [-0.2, -0.15) is 0 Å². The summed E-state index contributed by atoms with van der Waals surface area (Å²) >= 11 is 0. The fourth-order valence-corrected chi connectivity index (χ4v) is 4.42. The second-order valence-electron chi connectivity index (χ2n) is 8.02. The number of nitrogens with two attached hydrogens (primary N) is 1. The third kappa shape index (κ3) is 3.43. The van der Waals surface area contributed by atoms with Crippen LogP contribution in [0.15, 0.2) is 59.6 Å². The highest BCUT2D eigenvalue weighted by molar-refractivity contribution is 6.47. The first-order valence-corrected chi connectivity index (χ1v) is 9.95. The van der Waals surface area contributed by atoms with Crippen molar-refractivity contribution in [2.45, 2.75) is 44.3 Å². The van der Waals surface area contributed by atoms with Gasteiger partial charge in [-0.1, -0.05) is 49.4 Å². The van der Waals surface area contributed by atoms with Crippen LogP contribution >= 0.6 is 0 Å². The number of carbonyl (C=O) groups is 2. The van der Waals surface area contributed by atoms with Crippen LogP contribution in [-0.2, 0) is 9.59 Å². The van der Waals surface area contributed by atoms with Gasteiger partial charge in [-0.05, 0) is 49.3 Å². The van der Waals surface area contributed by atoms with Gasteiger partial charge in [-0.15, -0.1) is 0 Å². The summed E-state index contributed by atoms with van der Waals surface area (Å²) in [6.45, 7) is 2.18. The number of hydrogen-bond acceptors (Lipinski definition) is 3. The van der Waals surface area contributed by atoms with Gasteiger partial charge < -0.3 is 5.73 Å². The Morgan fingerprint density at radius 2 is 1.76 bits per heavy atom. The summed E-state index contributed by atoms with van der Waals surface area (Å²) in [4.78, 5) is 32.6. The van der Waals surface area contributed by atoms with E-state index in [1.54, 1.807) is 4.90 Å². The van der Waals surface area contributed by atoms with E-state index in [0.717, 1.165) is 18.4 Å². The minimum Gasteiger partial charge on any atom is -0.368 e. The van der Waals surface area contributed by atoms with E-state index in [4.69, 9.17) is 10.7 Å². The van der Waals surface area contributed by atoms with E-state index in [1.807, 2.05) is 30.3 Å². The van der Waals surface area contributed by atoms with E-state index < -0.39 is 23.4 Å². The van der Waals surface area contributed by atoms with E-state index in [1.165, 1.54) is 24.3 Å². The molecule has 1 heterocycles. The van der Waals surface area contributed by atoms with Gasteiger partial charge in [0.2, 0.25) is 5.91 Å². The Morgan fingerprint density at radius 3 is 2.34 bits per heavy atom. The first-order chi connectivity index (χ1) is 13.9. The van der Waals surface area contributed by atoms with Crippen molar-refractivity contribution in [1.82, 2.24) is 4.90 Å². The van der Waals surface area contributed by atoms with E-state index in [9.17, 15) is 14.0 Å². The van der Waals surface area contributed by atoms with E-state index >= 15 is 0 Å². The lowest BCUT2D eigenvalue weighted by Gasteiger charge is -2.43. The molecule has 2 aliphatic rings. The molecule has 1 spiro atoms. The summed E-state index contributed by atoms with van der Waals surface area (Å²) in [6, 6.07) is 13.9. The fourth-order valence-electron chi connectivity index (χ4n) is 4.42. The van der Waals surface area contributed by atoms with Gasteiger partial charge >= 0.3 is 0 Å². The summed E-state index contributed by atoms with van der Waals surface area (Å²) in [5.41, 5.74) is 6.54. The van der Waals surface area contributed by atoms with Crippen molar-refractivity contribution in [3.8, 4) is 0 Å². The van der Waals surface area contributed by atoms with Crippen LogP contribution in [-0.4, -0.2) is 28.1 Å². The average Bonchev–Trinajstić information content (AvgIpc) is 2.99. The van der Waals surface area contributed by atoms with Crippen LogP contribution in [0.25, 0.3) is 0 Å². The standard InChI is InChI=1S/C23H24FN3O2/c1-15-11-13-23(14-12-15)26-19(16-5-3-2-4-6-16)22(29)27(23)20(21(25)28)17-7-9-18(24)10-8-17/h2-10,15,20H,11-14H2,1H3,(H2,25,28). The molecule has 29 heavy (non-hydrogen) atoms. The average molecular weight is 393 g/mol. The molecule has 2 N–H and O–H groups in total. The minimum absolute atomic E-state index is 0.307. The zero-order chi connectivity index (χ0) is 20.6. The van der Waals surface area contributed by atoms with Gasteiger partial charge in [0.15, 0.2) is 0 Å². The number of halogens is 1. The number of carbonyl (C=O) groups excluding carboxylic acids is 2. The summed E-state index contributed by atoms with van der Waals surface area (Å²) in [7, 11) is 0. The normalized spacial score (nSPS) is 25.2. The number of rotatable bonds is 4. The van der Waals surface area contributed by atoms with Crippen LogP contribution in [0.5, 0.6) is 0 Å². The molecule has 2 aromatic carbocycles. The minimum atomic E-state index is -0.999. The fraction of sp³-hybridized carbons (Fsp3) is 0.348. The van der Waals surface area contributed by atoms with Gasteiger partial charge in [-0.3, -0.25) is 19.5 Å². The number of aliphatic imine (C=N–C) groups is 1. The lowest BCUT2D eigenvalue weighted by atomic mass is 9.81. The molecule has 0 bridgehead atoms. The van der Waals surface area contributed by atoms with E-state index in [2.05, 4.69) is 6.92 Å². The van der Waals surface area contributed by atoms with Crippen LogP contribution in [0.1, 0.15) is 49.8 Å². The molecule has 1 saturated carbocycles. The summed E-state index contributed by atoms with van der Waals surface area (Å²) in [5.74, 6) is -0.829. The molecule has 0 radical (unpaired) electrons. The largest absolute Gasteiger partial charge is 0.368 e. The Labute approximate surface area is 169 Å². The van der Waals surface area contributed by atoms with Crippen LogP contribution in [0.2, 0.25) is 0 Å². The predicted molar refractivity (Wildman–Crippen MR) is 109 cm³/mol. The lowest BCUT2D eigenvalue weighted by molar-refractivity contribution is -0.141. The smallest absolute Gasteiger partial charge is 0.275 e. The first kappa shape index (κ1) is 19.3. The van der Waals surface area contributed by atoms with Crippen molar-refractivity contribution in [3.05, 3.63) is 71.5 Å². The van der Waals surface area contributed by atoms with Crippen molar-refractivity contribution in [2.75, 3.05) is 0 Å². The van der Waals surface area contributed by atoms with Gasteiger partial charge in [0, 0.05) is 5.56 Å². The van der Waals surface area contributed by atoms with Gasteiger partial charge in [0.1, 0.15) is 23.2 Å². The molecule has 1 atom stereocenters. The van der Waals surface area contributed by atoms with Crippen LogP contribution < -0.4 is 5.73 Å². The highest BCUT2D eigenvalue weighted by atomic mass is 19.1. The molecule has 6 heteroatoms. The third-order valence-electron chi connectivity index (χ3n) is 6.03. The van der Waals surface area contributed by atoms with Crippen molar-refractivity contribution in [1.29, 1.82) is 0 Å². The molecule has 1 aliphatic carbocycles. The molecule has 1 fully saturated rings. The Balaban J connectivity index is 1.82. The molecule has 2 amide bonds. The van der Waals surface area contributed by atoms with Crippen molar-refractivity contribution in [3.63, 3.8) is 0 Å². The monoisotopic (exact) mass is 393 g/mol. The van der Waals surface area contributed by atoms with Gasteiger partial charge in [0.05, 0.1) is 0 Å². The zero-order valence-electron chi connectivity index (χ0n) is 16.3. The molecular formula is C23H24FN3O2. The third-order valence-corrected chi connectivity index (χ3v) is 6.03. The highest BCUT2D eigenvalue weighted by Crippen LogP contribution is 2.45. The molecule has 2 aromatic rings. The predicted octanol–water partition coefficient (Wildman–Crippen LogP) is 3.59. The number of benzene rings is 2. The maximum atomic E-state index is 13.6. The highest BCUT2D eigenvalue weighted by Gasteiger charge is 2.52. The van der Waals surface area contributed by atoms with Crippen LogP contribution in [0, 0.1) is 11.7 Å². The summed E-state index contributed by atoms with van der Waals surface area (Å²) in [6.07, 6.45) is 3.15. The Morgan fingerprint density at radius 1 is 1.14 bits per heavy atom. The molecule has 1 aliphatic heterocycles. The quantitative estimate of drug-likeness (QED) is 0.862.